The second-order valence-corrected chi connectivity index (χ2v) is 5.19. The average Bonchev–Trinajstić information content (AvgIpc) is 2.31. The van der Waals surface area contributed by atoms with E-state index in [1.807, 2.05) is 6.26 Å². The SMILES string of the molecule is Cc1coc([C@H](C)CC(C)(C)C)c1. The molecule has 0 aliphatic rings. The molecule has 0 radical (unpaired) electrons. The lowest BCUT2D eigenvalue weighted by Gasteiger charge is -2.21. The van der Waals surface area contributed by atoms with E-state index < -0.39 is 0 Å². The van der Waals surface area contributed by atoms with Crippen LogP contribution in [0.15, 0.2) is 16.7 Å². The summed E-state index contributed by atoms with van der Waals surface area (Å²) in [6, 6.07) is 2.14. The molecule has 0 saturated heterocycles. The van der Waals surface area contributed by atoms with Crippen molar-refractivity contribution in [2.75, 3.05) is 0 Å². The van der Waals surface area contributed by atoms with Gasteiger partial charge >= 0.3 is 0 Å². The van der Waals surface area contributed by atoms with E-state index >= 15 is 0 Å². The minimum atomic E-state index is 0.375. The molecule has 74 valence electrons. The molecule has 13 heavy (non-hydrogen) atoms. The van der Waals surface area contributed by atoms with Crippen molar-refractivity contribution < 1.29 is 4.42 Å². The summed E-state index contributed by atoms with van der Waals surface area (Å²) >= 11 is 0. The third-order valence-electron chi connectivity index (χ3n) is 2.16. The number of aryl methyl sites for hydroxylation is 1. The highest BCUT2D eigenvalue weighted by atomic mass is 16.3. The van der Waals surface area contributed by atoms with Gasteiger partial charge in [0.25, 0.3) is 0 Å². The summed E-state index contributed by atoms with van der Waals surface area (Å²) in [5.74, 6) is 1.64. The first kappa shape index (κ1) is 10.4. The van der Waals surface area contributed by atoms with Crippen LogP contribution in [0.1, 0.15) is 51.4 Å². The summed E-state index contributed by atoms with van der Waals surface area (Å²) in [6.07, 6.45) is 2.99. The lowest BCUT2D eigenvalue weighted by Crippen LogP contribution is -2.09. The maximum atomic E-state index is 5.47. The van der Waals surface area contributed by atoms with Crippen LogP contribution in [0.2, 0.25) is 0 Å². The monoisotopic (exact) mass is 180 g/mol. The highest BCUT2D eigenvalue weighted by Crippen LogP contribution is 2.31. The van der Waals surface area contributed by atoms with E-state index in [1.54, 1.807) is 0 Å². The molecule has 0 saturated carbocycles. The quantitative estimate of drug-likeness (QED) is 0.667. The molecule has 0 spiro atoms. The summed E-state index contributed by atoms with van der Waals surface area (Å²) in [7, 11) is 0. The van der Waals surface area contributed by atoms with Gasteiger partial charge < -0.3 is 4.42 Å². The fraction of sp³-hybridized carbons (Fsp3) is 0.667. The molecule has 1 aromatic rings. The zero-order valence-electron chi connectivity index (χ0n) is 9.35. The van der Waals surface area contributed by atoms with Crippen LogP contribution in [0.5, 0.6) is 0 Å². The Morgan fingerprint density at radius 1 is 1.38 bits per heavy atom. The molecule has 1 rings (SSSR count). The molecule has 1 heteroatoms. The fourth-order valence-electron chi connectivity index (χ4n) is 1.73. The first-order valence-corrected chi connectivity index (χ1v) is 4.93. The molecule has 0 unspecified atom stereocenters. The zero-order valence-corrected chi connectivity index (χ0v) is 9.35. The molecule has 0 aromatic carbocycles. The normalized spacial score (nSPS) is 14.5. The topological polar surface area (TPSA) is 13.1 Å². The van der Waals surface area contributed by atoms with E-state index in [-0.39, 0.29) is 0 Å². The van der Waals surface area contributed by atoms with Crippen molar-refractivity contribution in [2.24, 2.45) is 5.41 Å². The fourth-order valence-corrected chi connectivity index (χ4v) is 1.73. The molecule has 0 bridgehead atoms. The van der Waals surface area contributed by atoms with E-state index in [0.717, 1.165) is 5.76 Å². The summed E-state index contributed by atoms with van der Waals surface area (Å²) < 4.78 is 5.47. The second-order valence-electron chi connectivity index (χ2n) is 5.19. The Bertz CT molecular complexity index is 265. The van der Waals surface area contributed by atoms with Gasteiger partial charge in [-0.3, -0.25) is 0 Å². The predicted octanol–water partition coefficient (Wildman–Crippen LogP) is 4.13. The minimum absolute atomic E-state index is 0.375. The second kappa shape index (κ2) is 3.57. The van der Waals surface area contributed by atoms with Gasteiger partial charge in [0.05, 0.1) is 6.26 Å². The molecule has 0 fully saturated rings. The van der Waals surface area contributed by atoms with Crippen LogP contribution in [0.25, 0.3) is 0 Å². The number of rotatable bonds is 2. The van der Waals surface area contributed by atoms with Gasteiger partial charge in [0.15, 0.2) is 0 Å². The van der Waals surface area contributed by atoms with Gasteiger partial charge in [-0.15, -0.1) is 0 Å². The summed E-state index contributed by atoms with van der Waals surface area (Å²) in [6.45, 7) is 11.1. The summed E-state index contributed by atoms with van der Waals surface area (Å²) in [5, 5.41) is 0. The molecule has 0 amide bonds. The van der Waals surface area contributed by atoms with Gasteiger partial charge in [-0.1, -0.05) is 27.7 Å². The average molecular weight is 180 g/mol. The number of hydrogen-bond acceptors (Lipinski definition) is 1. The lowest BCUT2D eigenvalue weighted by molar-refractivity contribution is 0.324. The largest absolute Gasteiger partial charge is 0.469 e. The van der Waals surface area contributed by atoms with Crippen molar-refractivity contribution in [2.45, 2.75) is 47.0 Å². The minimum Gasteiger partial charge on any atom is -0.469 e. The van der Waals surface area contributed by atoms with Crippen LogP contribution < -0.4 is 0 Å². The molecular formula is C12H20O. The van der Waals surface area contributed by atoms with Crippen molar-refractivity contribution in [3.8, 4) is 0 Å². The van der Waals surface area contributed by atoms with Crippen LogP contribution in [0.4, 0.5) is 0 Å². The van der Waals surface area contributed by atoms with Crippen molar-refractivity contribution in [1.29, 1.82) is 0 Å². The molecule has 1 aromatic heterocycles. The maximum absolute atomic E-state index is 5.47. The van der Waals surface area contributed by atoms with Gasteiger partial charge in [0.2, 0.25) is 0 Å². The lowest BCUT2D eigenvalue weighted by atomic mass is 9.84. The summed E-state index contributed by atoms with van der Waals surface area (Å²) in [5.41, 5.74) is 1.59. The molecule has 1 nitrogen and oxygen atoms in total. The highest BCUT2D eigenvalue weighted by molar-refractivity contribution is 5.13. The standard InChI is InChI=1S/C12H20O/c1-9-6-11(13-8-9)10(2)7-12(3,4)5/h6,8,10H,7H2,1-5H3/t10-/m1/s1. The van der Waals surface area contributed by atoms with E-state index in [0.29, 0.717) is 11.3 Å². The Kier molecular flexibility index (Phi) is 2.84. The van der Waals surface area contributed by atoms with Crippen LogP contribution in [0, 0.1) is 12.3 Å². The summed E-state index contributed by atoms with van der Waals surface area (Å²) in [4.78, 5) is 0. The molecule has 0 aliphatic carbocycles. The van der Waals surface area contributed by atoms with Gasteiger partial charge in [-0.05, 0) is 30.4 Å². The molecule has 0 N–H and O–H groups in total. The Hall–Kier alpha value is -0.720. The highest BCUT2D eigenvalue weighted by Gasteiger charge is 2.18. The van der Waals surface area contributed by atoms with Gasteiger partial charge in [-0.2, -0.15) is 0 Å². The third kappa shape index (κ3) is 3.25. The number of furan rings is 1. The van der Waals surface area contributed by atoms with Crippen molar-refractivity contribution in [1.82, 2.24) is 0 Å². The van der Waals surface area contributed by atoms with Crippen LogP contribution >= 0.6 is 0 Å². The Morgan fingerprint density at radius 2 is 2.00 bits per heavy atom. The van der Waals surface area contributed by atoms with Crippen molar-refractivity contribution in [3.05, 3.63) is 23.7 Å². The molecule has 0 aliphatic heterocycles. The smallest absolute Gasteiger partial charge is 0.106 e. The number of hydrogen-bond donors (Lipinski definition) is 0. The van der Waals surface area contributed by atoms with E-state index in [1.165, 1.54) is 12.0 Å². The zero-order chi connectivity index (χ0) is 10.1. The Labute approximate surface area is 81.1 Å². The Balaban J connectivity index is 2.64. The third-order valence-corrected chi connectivity index (χ3v) is 2.16. The first-order chi connectivity index (χ1) is 5.88. The predicted molar refractivity (Wildman–Crippen MR) is 55.9 cm³/mol. The van der Waals surface area contributed by atoms with Crippen LogP contribution in [-0.4, -0.2) is 0 Å². The van der Waals surface area contributed by atoms with Gasteiger partial charge in [0.1, 0.15) is 5.76 Å². The molecular weight excluding hydrogens is 160 g/mol. The van der Waals surface area contributed by atoms with Crippen LogP contribution in [0.3, 0.4) is 0 Å². The van der Waals surface area contributed by atoms with Crippen LogP contribution in [-0.2, 0) is 0 Å². The van der Waals surface area contributed by atoms with E-state index in [2.05, 4.69) is 40.7 Å². The first-order valence-electron chi connectivity index (χ1n) is 4.93. The van der Waals surface area contributed by atoms with Gasteiger partial charge in [-0.25, -0.2) is 0 Å². The van der Waals surface area contributed by atoms with Crippen molar-refractivity contribution >= 4 is 0 Å². The van der Waals surface area contributed by atoms with Gasteiger partial charge in [0, 0.05) is 5.92 Å². The molecule has 1 atom stereocenters. The molecule has 1 heterocycles. The van der Waals surface area contributed by atoms with E-state index in [4.69, 9.17) is 4.42 Å². The Morgan fingerprint density at radius 3 is 2.38 bits per heavy atom. The van der Waals surface area contributed by atoms with Crippen molar-refractivity contribution in [3.63, 3.8) is 0 Å². The maximum Gasteiger partial charge on any atom is 0.106 e. The van der Waals surface area contributed by atoms with E-state index in [9.17, 15) is 0 Å².